The number of rotatable bonds is 4. The molecule has 4 amide bonds. The summed E-state index contributed by atoms with van der Waals surface area (Å²) in [5, 5.41) is 4.83. The van der Waals surface area contributed by atoms with Crippen LogP contribution in [0.4, 0.5) is 19.3 Å². The van der Waals surface area contributed by atoms with Crippen molar-refractivity contribution in [3.8, 4) is 0 Å². The average molecular weight is 438 g/mol. The zero-order valence-corrected chi connectivity index (χ0v) is 15.6. The first kappa shape index (κ1) is 19.0. The highest BCUT2D eigenvalue weighted by atomic mass is 79.9. The van der Waals surface area contributed by atoms with Gasteiger partial charge in [0.25, 0.3) is 5.91 Å². The van der Waals surface area contributed by atoms with E-state index in [0.717, 1.165) is 4.90 Å². The minimum absolute atomic E-state index is 0.0726. The molecule has 1 aliphatic heterocycles. The number of anilines is 1. The summed E-state index contributed by atoms with van der Waals surface area (Å²) in [7, 11) is 0. The molecule has 0 radical (unpaired) electrons. The minimum atomic E-state index is -1.42. The predicted octanol–water partition coefficient (Wildman–Crippen LogP) is 3.13. The van der Waals surface area contributed by atoms with Crippen LogP contribution >= 0.6 is 15.9 Å². The van der Waals surface area contributed by atoms with Gasteiger partial charge in [-0.1, -0.05) is 28.1 Å². The summed E-state index contributed by atoms with van der Waals surface area (Å²) in [6.45, 7) is 0.879. The molecule has 0 aromatic heterocycles. The molecule has 0 aliphatic carbocycles. The van der Waals surface area contributed by atoms with Crippen LogP contribution in [0.3, 0.4) is 0 Å². The summed E-state index contributed by atoms with van der Waals surface area (Å²) >= 11 is 3.11. The van der Waals surface area contributed by atoms with E-state index in [2.05, 4.69) is 26.6 Å². The summed E-state index contributed by atoms with van der Waals surface area (Å²) in [5.74, 6) is -2.54. The number of urea groups is 1. The van der Waals surface area contributed by atoms with Crippen molar-refractivity contribution in [2.75, 3.05) is 11.9 Å². The number of nitrogens with one attached hydrogen (secondary N) is 2. The Kier molecular flexibility index (Phi) is 4.97. The van der Waals surface area contributed by atoms with E-state index in [0.29, 0.717) is 10.0 Å². The van der Waals surface area contributed by atoms with Gasteiger partial charge in [-0.2, -0.15) is 0 Å². The van der Waals surface area contributed by atoms with Crippen molar-refractivity contribution < 1.29 is 23.2 Å². The van der Waals surface area contributed by atoms with Crippen LogP contribution in [0, 0.1) is 11.6 Å². The first-order valence-electron chi connectivity index (χ1n) is 7.86. The largest absolute Gasteiger partial charge is 0.325 e. The molecule has 140 valence electrons. The van der Waals surface area contributed by atoms with E-state index in [-0.39, 0.29) is 5.69 Å². The fraction of sp³-hybridized carbons (Fsp3) is 0.167. The quantitative estimate of drug-likeness (QED) is 0.721. The van der Waals surface area contributed by atoms with Crippen molar-refractivity contribution in [1.82, 2.24) is 10.2 Å². The van der Waals surface area contributed by atoms with E-state index < -0.39 is 41.6 Å². The van der Waals surface area contributed by atoms with Gasteiger partial charge in [-0.3, -0.25) is 14.5 Å². The van der Waals surface area contributed by atoms with Crippen LogP contribution in [0.2, 0.25) is 0 Å². The number of benzene rings is 2. The van der Waals surface area contributed by atoms with Crippen molar-refractivity contribution >= 4 is 39.5 Å². The maximum atomic E-state index is 13.8. The van der Waals surface area contributed by atoms with Crippen LogP contribution < -0.4 is 10.6 Å². The van der Waals surface area contributed by atoms with Crippen LogP contribution in [-0.2, 0) is 15.1 Å². The molecule has 0 spiro atoms. The second-order valence-electron chi connectivity index (χ2n) is 6.13. The first-order chi connectivity index (χ1) is 12.7. The molecule has 1 atom stereocenters. The third-order valence-corrected chi connectivity index (χ3v) is 4.70. The molecular formula is C18H14BrF2N3O3. The molecule has 3 rings (SSSR count). The molecule has 1 unspecified atom stereocenters. The Bertz CT molecular complexity index is 936. The lowest BCUT2D eigenvalue weighted by molar-refractivity contribution is -0.133. The number of carbonyl (C=O) groups is 3. The summed E-state index contributed by atoms with van der Waals surface area (Å²) in [4.78, 5) is 37.8. The van der Waals surface area contributed by atoms with Crippen molar-refractivity contribution in [3.63, 3.8) is 0 Å². The molecule has 6 nitrogen and oxygen atoms in total. The van der Waals surface area contributed by atoms with E-state index in [1.165, 1.54) is 49.4 Å². The maximum absolute atomic E-state index is 13.8. The maximum Gasteiger partial charge on any atom is 0.325 e. The lowest BCUT2D eigenvalue weighted by atomic mass is 9.92. The third-order valence-electron chi connectivity index (χ3n) is 4.20. The molecule has 27 heavy (non-hydrogen) atoms. The van der Waals surface area contributed by atoms with Crippen LogP contribution in [0.5, 0.6) is 0 Å². The van der Waals surface area contributed by atoms with Gasteiger partial charge in [0.1, 0.15) is 23.7 Å². The van der Waals surface area contributed by atoms with Gasteiger partial charge >= 0.3 is 6.03 Å². The lowest BCUT2D eigenvalue weighted by Crippen LogP contribution is -2.42. The van der Waals surface area contributed by atoms with Crippen molar-refractivity contribution in [2.45, 2.75) is 12.5 Å². The number of carbonyl (C=O) groups excluding carboxylic acids is 3. The molecule has 1 heterocycles. The summed E-state index contributed by atoms with van der Waals surface area (Å²) in [5.41, 5.74) is -1.12. The number of amides is 4. The molecule has 0 bridgehead atoms. The number of hydrogen-bond acceptors (Lipinski definition) is 3. The number of imide groups is 1. The van der Waals surface area contributed by atoms with Gasteiger partial charge in [0.15, 0.2) is 0 Å². The highest BCUT2D eigenvalue weighted by molar-refractivity contribution is 9.10. The fourth-order valence-electron chi connectivity index (χ4n) is 2.74. The van der Waals surface area contributed by atoms with E-state index in [1.807, 2.05) is 0 Å². The minimum Gasteiger partial charge on any atom is -0.322 e. The Morgan fingerprint density at radius 1 is 1.19 bits per heavy atom. The number of halogens is 3. The molecule has 2 aromatic carbocycles. The molecular weight excluding hydrogens is 424 g/mol. The van der Waals surface area contributed by atoms with Crippen molar-refractivity contribution in [2.24, 2.45) is 0 Å². The molecule has 9 heteroatoms. The smallest absolute Gasteiger partial charge is 0.322 e. The first-order valence-corrected chi connectivity index (χ1v) is 8.65. The van der Waals surface area contributed by atoms with Crippen LogP contribution in [0.1, 0.15) is 12.5 Å². The average Bonchev–Trinajstić information content (AvgIpc) is 2.82. The van der Waals surface area contributed by atoms with Crippen LogP contribution in [-0.4, -0.2) is 29.3 Å². The standard InChI is InChI=1S/C18H14BrF2N3O3/c1-18(10-2-5-12(20)6-3-10)16(26)24(17(27)23-18)9-15(25)22-14-7-4-11(19)8-13(14)21/h2-8H,9H2,1H3,(H,22,25)(H,23,27). The topological polar surface area (TPSA) is 78.5 Å². The number of hydrogen-bond donors (Lipinski definition) is 2. The second-order valence-corrected chi connectivity index (χ2v) is 7.04. The Labute approximate surface area is 161 Å². The Hall–Kier alpha value is -2.81. The fourth-order valence-corrected chi connectivity index (χ4v) is 3.08. The number of nitrogens with zero attached hydrogens (tertiary/aromatic N) is 1. The Balaban J connectivity index is 1.75. The normalized spacial score (nSPS) is 19.2. The van der Waals surface area contributed by atoms with Gasteiger partial charge in [0.05, 0.1) is 5.69 Å². The highest BCUT2D eigenvalue weighted by Crippen LogP contribution is 2.29. The molecule has 0 saturated carbocycles. The summed E-state index contributed by atoms with van der Waals surface area (Å²) in [6.07, 6.45) is 0. The van der Waals surface area contributed by atoms with Crippen LogP contribution in [0.25, 0.3) is 0 Å². The van der Waals surface area contributed by atoms with Gasteiger partial charge in [-0.15, -0.1) is 0 Å². The molecule has 2 aromatic rings. The van der Waals surface area contributed by atoms with Crippen molar-refractivity contribution in [3.05, 3.63) is 64.1 Å². The molecule has 1 aliphatic rings. The SMILES string of the molecule is CC1(c2ccc(F)cc2)NC(=O)N(CC(=O)Nc2ccc(Br)cc2F)C1=O. The zero-order chi connectivity index (χ0) is 19.8. The monoisotopic (exact) mass is 437 g/mol. The van der Waals surface area contributed by atoms with E-state index in [1.54, 1.807) is 0 Å². The van der Waals surface area contributed by atoms with Gasteiger partial charge in [0.2, 0.25) is 5.91 Å². The van der Waals surface area contributed by atoms with Crippen LogP contribution in [0.15, 0.2) is 46.9 Å². The third kappa shape index (κ3) is 3.68. The highest BCUT2D eigenvalue weighted by Gasteiger charge is 2.49. The van der Waals surface area contributed by atoms with E-state index >= 15 is 0 Å². The van der Waals surface area contributed by atoms with E-state index in [9.17, 15) is 23.2 Å². The molecule has 1 saturated heterocycles. The van der Waals surface area contributed by atoms with Crippen molar-refractivity contribution in [1.29, 1.82) is 0 Å². The van der Waals surface area contributed by atoms with Gasteiger partial charge in [-0.05, 0) is 42.8 Å². The summed E-state index contributed by atoms with van der Waals surface area (Å²) < 4.78 is 27.4. The molecule has 1 fully saturated rings. The van der Waals surface area contributed by atoms with Gasteiger partial charge in [-0.25, -0.2) is 13.6 Å². The lowest BCUT2D eigenvalue weighted by Gasteiger charge is -2.22. The van der Waals surface area contributed by atoms with Gasteiger partial charge in [0, 0.05) is 4.47 Å². The summed E-state index contributed by atoms with van der Waals surface area (Å²) in [6, 6.07) is 8.41. The predicted molar refractivity (Wildman–Crippen MR) is 96.7 cm³/mol. The zero-order valence-electron chi connectivity index (χ0n) is 14.1. The second kappa shape index (κ2) is 7.07. The Morgan fingerprint density at radius 2 is 1.85 bits per heavy atom. The Morgan fingerprint density at radius 3 is 2.48 bits per heavy atom. The van der Waals surface area contributed by atoms with E-state index in [4.69, 9.17) is 0 Å². The molecule has 2 N–H and O–H groups in total. The van der Waals surface area contributed by atoms with Gasteiger partial charge < -0.3 is 10.6 Å².